The van der Waals surface area contributed by atoms with Crippen molar-refractivity contribution in [2.24, 2.45) is 5.92 Å². The van der Waals surface area contributed by atoms with Gasteiger partial charge in [0.2, 0.25) is 5.88 Å². The zero-order valence-corrected chi connectivity index (χ0v) is 25.3. The molecule has 10 heteroatoms. The third-order valence-electron chi connectivity index (χ3n) is 8.70. The van der Waals surface area contributed by atoms with Gasteiger partial charge in [0.25, 0.3) is 5.56 Å². The van der Waals surface area contributed by atoms with Crippen LogP contribution in [0.25, 0.3) is 22.6 Å². The van der Waals surface area contributed by atoms with Crippen LogP contribution >= 0.6 is 0 Å². The van der Waals surface area contributed by atoms with Crippen molar-refractivity contribution in [3.63, 3.8) is 0 Å². The van der Waals surface area contributed by atoms with E-state index in [0.29, 0.717) is 61.5 Å². The summed E-state index contributed by atoms with van der Waals surface area (Å²) in [5, 5.41) is 0. The zero-order chi connectivity index (χ0) is 29.9. The number of benzene rings is 1. The molecule has 3 unspecified atom stereocenters. The molecule has 3 aromatic heterocycles. The van der Waals surface area contributed by atoms with Crippen LogP contribution in [0.2, 0.25) is 0 Å². The fourth-order valence-corrected chi connectivity index (χ4v) is 5.98. The first-order chi connectivity index (χ1) is 20.9. The highest BCUT2D eigenvalue weighted by molar-refractivity contribution is 5.78. The van der Waals surface area contributed by atoms with Gasteiger partial charge >= 0.3 is 5.69 Å². The fraction of sp³-hybridized carbons (Fsp3) is 0.515. The smallest absolute Gasteiger partial charge is 0.332 e. The number of aryl methyl sites for hydroxylation is 2. The number of ether oxygens (including phenoxy) is 3. The van der Waals surface area contributed by atoms with Crippen LogP contribution in [-0.2, 0) is 29.1 Å². The number of hydrogen-bond acceptors (Lipinski definition) is 7. The van der Waals surface area contributed by atoms with Gasteiger partial charge in [-0.1, -0.05) is 37.3 Å². The van der Waals surface area contributed by atoms with E-state index in [1.54, 1.807) is 4.57 Å². The van der Waals surface area contributed by atoms with E-state index in [-0.39, 0.29) is 30.2 Å². The first kappa shape index (κ1) is 29.3. The Labute approximate surface area is 251 Å². The Bertz CT molecular complexity index is 1690. The normalized spacial score (nSPS) is 20.3. The molecule has 228 valence electrons. The van der Waals surface area contributed by atoms with Crippen molar-refractivity contribution in [1.29, 1.82) is 0 Å². The molecule has 1 aliphatic heterocycles. The molecule has 10 nitrogen and oxygen atoms in total. The third-order valence-corrected chi connectivity index (χ3v) is 8.70. The molecule has 0 spiro atoms. The Morgan fingerprint density at radius 3 is 2.49 bits per heavy atom. The Morgan fingerprint density at radius 2 is 1.81 bits per heavy atom. The summed E-state index contributed by atoms with van der Waals surface area (Å²) in [6.07, 6.45) is 5.73. The van der Waals surface area contributed by atoms with Gasteiger partial charge in [0.05, 0.1) is 12.3 Å². The molecular formula is C33H41N5O5. The van der Waals surface area contributed by atoms with Gasteiger partial charge in [0.15, 0.2) is 17.5 Å². The molecule has 2 aliphatic rings. The van der Waals surface area contributed by atoms with E-state index in [1.807, 2.05) is 60.9 Å². The number of aromatic nitrogens is 5. The summed E-state index contributed by atoms with van der Waals surface area (Å²) in [6.45, 7) is 8.19. The molecule has 4 heterocycles. The number of hydrogen-bond donors (Lipinski definition) is 0. The van der Waals surface area contributed by atoms with Crippen molar-refractivity contribution < 1.29 is 14.2 Å². The minimum Gasteiger partial charge on any atom is -0.474 e. The molecular weight excluding hydrogens is 546 g/mol. The zero-order valence-electron chi connectivity index (χ0n) is 25.3. The topological polar surface area (TPSA) is 102 Å². The Kier molecular flexibility index (Phi) is 8.76. The first-order valence-corrected chi connectivity index (χ1v) is 15.6. The third kappa shape index (κ3) is 6.03. The largest absolute Gasteiger partial charge is 0.474 e. The average Bonchev–Trinajstić information content (AvgIpc) is 3.38. The van der Waals surface area contributed by atoms with Crippen LogP contribution in [0.3, 0.4) is 0 Å². The maximum atomic E-state index is 14.1. The number of nitrogens with zero attached hydrogens (tertiary/aromatic N) is 5. The lowest BCUT2D eigenvalue weighted by Gasteiger charge is -2.33. The van der Waals surface area contributed by atoms with Crippen molar-refractivity contribution in [2.45, 2.75) is 91.3 Å². The lowest BCUT2D eigenvalue weighted by molar-refractivity contribution is -0.163. The van der Waals surface area contributed by atoms with E-state index in [2.05, 4.69) is 6.92 Å². The van der Waals surface area contributed by atoms with Crippen LogP contribution in [-0.4, -0.2) is 49.3 Å². The Balaban J connectivity index is 1.39. The summed E-state index contributed by atoms with van der Waals surface area (Å²) < 4.78 is 22.5. The van der Waals surface area contributed by atoms with Crippen LogP contribution in [0.1, 0.15) is 63.6 Å². The number of fused-ring (bicyclic) bond motifs is 1. The van der Waals surface area contributed by atoms with Gasteiger partial charge in [0.1, 0.15) is 11.9 Å². The Morgan fingerprint density at radius 1 is 0.977 bits per heavy atom. The first-order valence-electron chi connectivity index (χ1n) is 15.6. The number of rotatable bonds is 11. The minimum absolute atomic E-state index is 0.193. The molecule has 43 heavy (non-hydrogen) atoms. The van der Waals surface area contributed by atoms with E-state index in [4.69, 9.17) is 24.2 Å². The molecule has 2 fully saturated rings. The van der Waals surface area contributed by atoms with Crippen molar-refractivity contribution in [2.75, 3.05) is 13.2 Å². The van der Waals surface area contributed by atoms with E-state index in [0.717, 1.165) is 42.5 Å². The summed E-state index contributed by atoms with van der Waals surface area (Å²) in [5.74, 6) is 1.72. The Hall–Kier alpha value is -3.76. The van der Waals surface area contributed by atoms with Crippen LogP contribution in [0.15, 0.2) is 52.1 Å². The molecule has 3 atom stereocenters. The molecule has 0 bridgehead atoms. The van der Waals surface area contributed by atoms with Gasteiger partial charge in [0, 0.05) is 37.9 Å². The molecule has 1 aliphatic carbocycles. The maximum absolute atomic E-state index is 14.1. The van der Waals surface area contributed by atoms with Crippen molar-refractivity contribution >= 4 is 11.2 Å². The van der Waals surface area contributed by atoms with Crippen molar-refractivity contribution in [1.82, 2.24) is 23.7 Å². The van der Waals surface area contributed by atoms with E-state index in [1.165, 1.54) is 11.0 Å². The monoisotopic (exact) mass is 587 g/mol. The van der Waals surface area contributed by atoms with E-state index < -0.39 is 0 Å². The van der Waals surface area contributed by atoms with Crippen LogP contribution in [0, 0.1) is 12.8 Å². The second-order valence-corrected chi connectivity index (χ2v) is 11.7. The molecule has 1 saturated heterocycles. The van der Waals surface area contributed by atoms with Crippen molar-refractivity contribution in [3.05, 3.63) is 74.6 Å². The SMILES string of the molecule is CCn1c(=O)n(CCCOC2CCCCO2)c(=O)c2c1nc(-c1ccc(OC3CCC3C)nc1C)n2Cc1ccccc1. The van der Waals surface area contributed by atoms with Crippen LogP contribution < -0.4 is 16.0 Å². The minimum atomic E-state index is -0.363. The lowest BCUT2D eigenvalue weighted by atomic mass is 9.84. The summed E-state index contributed by atoms with van der Waals surface area (Å²) >= 11 is 0. The van der Waals surface area contributed by atoms with Gasteiger partial charge in [-0.3, -0.25) is 13.9 Å². The predicted molar refractivity (Wildman–Crippen MR) is 164 cm³/mol. The highest BCUT2D eigenvalue weighted by Crippen LogP contribution is 2.32. The van der Waals surface area contributed by atoms with Gasteiger partial charge < -0.3 is 18.8 Å². The van der Waals surface area contributed by atoms with Gasteiger partial charge in [-0.2, -0.15) is 0 Å². The second kappa shape index (κ2) is 12.9. The highest BCUT2D eigenvalue weighted by Gasteiger charge is 2.29. The van der Waals surface area contributed by atoms with Gasteiger partial charge in [-0.05, 0) is 69.9 Å². The molecule has 1 saturated carbocycles. The summed E-state index contributed by atoms with van der Waals surface area (Å²) in [5.41, 5.74) is 2.64. The summed E-state index contributed by atoms with van der Waals surface area (Å²) in [4.78, 5) is 37.4. The van der Waals surface area contributed by atoms with Crippen molar-refractivity contribution in [3.8, 4) is 17.3 Å². The quantitative estimate of drug-likeness (QED) is 0.230. The molecule has 1 aromatic carbocycles. The van der Waals surface area contributed by atoms with Crippen LogP contribution in [0.5, 0.6) is 5.88 Å². The fourth-order valence-electron chi connectivity index (χ4n) is 5.98. The van der Waals surface area contributed by atoms with Gasteiger partial charge in [-0.15, -0.1) is 0 Å². The maximum Gasteiger partial charge on any atom is 0.332 e. The molecule has 4 aromatic rings. The van der Waals surface area contributed by atoms with Gasteiger partial charge in [-0.25, -0.2) is 14.8 Å². The molecule has 0 radical (unpaired) electrons. The highest BCUT2D eigenvalue weighted by atomic mass is 16.7. The molecule has 6 rings (SSSR count). The predicted octanol–water partition coefficient (Wildman–Crippen LogP) is 4.91. The van der Waals surface area contributed by atoms with Crippen LogP contribution in [0.4, 0.5) is 0 Å². The second-order valence-electron chi connectivity index (χ2n) is 11.7. The average molecular weight is 588 g/mol. The summed E-state index contributed by atoms with van der Waals surface area (Å²) in [7, 11) is 0. The number of pyridine rings is 1. The van der Waals surface area contributed by atoms with E-state index in [9.17, 15) is 9.59 Å². The summed E-state index contributed by atoms with van der Waals surface area (Å²) in [6, 6.07) is 13.8. The molecule has 0 amide bonds. The van der Waals surface area contributed by atoms with E-state index >= 15 is 0 Å². The standard InChI is InChI=1S/C33H41N5O5/c1-4-36-31-29(32(39)37(33(36)40)18-10-20-42-28-13-8-9-19-41-28)38(21-24-11-6-5-7-12-24)30(35-31)25-15-17-27(34-23(25)3)43-26-16-14-22(26)2/h5-7,11-12,15,17,22,26,28H,4,8-10,13-14,16,18-21H2,1-3H3. The lowest BCUT2D eigenvalue weighted by Crippen LogP contribution is -2.40. The molecule has 0 N–H and O–H groups in total. The number of imidazole rings is 1.